The largest absolute Gasteiger partial charge is 0.365 e. The predicted octanol–water partition coefficient (Wildman–Crippen LogP) is 2.41. The molecule has 0 saturated heterocycles. The van der Waals surface area contributed by atoms with Gasteiger partial charge in [0.05, 0.1) is 6.54 Å². The summed E-state index contributed by atoms with van der Waals surface area (Å²) >= 11 is 6.26. The van der Waals surface area contributed by atoms with Crippen molar-refractivity contribution < 1.29 is 4.79 Å². The van der Waals surface area contributed by atoms with Crippen molar-refractivity contribution in [3.8, 4) is 0 Å². The minimum atomic E-state index is 0.0312. The van der Waals surface area contributed by atoms with Gasteiger partial charge in [-0.05, 0) is 25.1 Å². The molecule has 1 aromatic carbocycles. The Hall–Kier alpha value is -1.26. The number of likely N-dealkylation sites (N-methyl/N-ethyl adjacent to an activating group) is 1. The lowest BCUT2D eigenvalue weighted by molar-refractivity contribution is -0.119. The second-order valence-electron chi connectivity index (χ2n) is 4.72. The van der Waals surface area contributed by atoms with Gasteiger partial charge in [-0.15, -0.1) is 0 Å². The van der Waals surface area contributed by atoms with Crippen LogP contribution < -0.4 is 15.5 Å². The standard InChI is InChI=1S/C15H24ClN3O/c1-4-9-18-15(20)11-19(3)14-8-6-7-13(16)12(14)10-17-5-2/h6-8,17H,4-5,9-11H2,1-3H3,(H,18,20). The van der Waals surface area contributed by atoms with Crippen molar-refractivity contribution in [2.75, 3.05) is 31.6 Å². The minimum Gasteiger partial charge on any atom is -0.365 e. The summed E-state index contributed by atoms with van der Waals surface area (Å²) < 4.78 is 0. The summed E-state index contributed by atoms with van der Waals surface area (Å²) in [6.45, 7) is 6.72. The predicted molar refractivity (Wildman–Crippen MR) is 85.4 cm³/mol. The van der Waals surface area contributed by atoms with E-state index in [1.165, 1.54) is 0 Å². The molecule has 0 aliphatic heterocycles. The van der Waals surface area contributed by atoms with Crippen LogP contribution in [-0.4, -0.2) is 32.6 Å². The van der Waals surface area contributed by atoms with E-state index in [0.717, 1.165) is 29.2 Å². The van der Waals surface area contributed by atoms with Gasteiger partial charge in [0.1, 0.15) is 0 Å². The summed E-state index contributed by atoms with van der Waals surface area (Å²) in [6.07, 6.45) is 0.943. The number of carbonyl (C=O) groups excluding carboxylic acids is 1. The average molecular weight is 298 g/mol. The van der Waals surface area contributed by atoms with Crippen LogP contribution in [0.3, 0.4) is 0 Å². The lowest BCUT2D eigenvalue weighted by atomic mass is 10.1. The zero-order chi connectivity index (χ0) is 15.0. The first-order chi connectivity index (χ1) is 9.60. The van der Waals surface area contributed by atoms with Crippen molar-refractivity contribution in [3.05, 3.63) is 28.8 Å². The Kier molecular flexibility index (Phi) is 7.41. The van der Waals surface area contributed by atoms with Gasteiger partial charge >= 0.3 is 0 Å². The van der Waals surface area contributed by atoms with Crippen molar-refractivity contribution >= 4 is 23.2 Å². The molecule has 0 aliphatic carbocycles. The van der Waals surface area contributed by atoms with E-state index in [4.69, 9.17) is 11.6 Å². The second-order valence-corrected chi connectivity index (χ2v) is 5.13. The molecule has 5 heteroatoms. The Labute approximate surface area is 126 Å². The van der Waals surface area contributed by atoms with E-state index in [9.17, 15) is 4.79 Å². The van der Waals surface area contributed by atoms with E-state index in [-0.39, 0.29) is 5.91 Å². The molecule has 0 spiro atoms. The maximum atomic E-state index is 11.8. The normalized spacial score (nSPS) is 10.4. The number of amides is 1. The maximum Gasteiger partial charge on any atom is 0.239 e. The Bertz CT molecular complexity index is 437. The highest BCUT2D eigenvalue weighted by atomic mass is 35.5. The molecule has 112 valence electrons. The van der Waals surface area contributed by atoms with Crippen molar-refractivity contribution in [3.63, 3.8) is 0 Å². The van der Waals surface area contributed by atoms with E-state index in [2.05, 4.69) is 17.6 Å². The zero-order valence-electron chi connectivity index (χ0n) is 12.5. The third-order valence-electron chi connectivity index (χ3n) is 3.01. The number of carbonyl (C=O) groups is 1. The van der Waals surface area contributed by atoms with E-state index < -0.39 is 0 Å². The van der Waals surface area contributed by atoms with Crippen LogP contribution in [0, 0.1) is 0 Å². The number of hydrogen-bond donors (Lipinski definition) is 2. The van der Waals surface area contributed by atoms with E-state index in [0.29, 0.717) is 19.6 Å². The van der Waals surface area contributed by atoms with Crippen LogP contribution in [0.15, 0.2) is 18.2 Å². The van der Waals surface area contributed by atoms with Gasteiger partial charge in [0.25, 0.3) is 0 Å². The molecule has 0 bridgehead atoms. The molecule has 1 amide bonds. The Balaban J connectivity index is 2.78. The highest BCUT2D eigenvalue weighted by Gasteiger charge is 2.13. The lowest BCUT2D eigenvalue weighted by Crippen LogP contribution is -2.36. The van der Waals surface area contributed by atoms with Gasteiger partial charge in [-0.2, -0.15) is 0 Å². The molecular formula is C15H24ClN3O. The fourth-order valence-corrected chi connectivity index (χ4v) is 2.19. The van der Waals surface area contributed by atoms with E-state index >= 15 is 0 Å². The molecule has 0 fully saturated rings. The van der Waals surface area contributed by atoms with Crippen molar-refractivity contribution in [2.45, 2.75) is 26.8 Å². The average Bonchev–Trinajstić information content (AvgIpc) is 2.43. The fraction of sp³-hybridized carbons (Fsp3) is 0.533. The van der Waals surface area contributed by atoms with Gasteiger partial charge in [0, 0.05) is 36.4 Å². The molecule has 0 aliphatic rings. The summed E-state index contributed by atoms with van der Waals surface area (Å²) in [5.74, 6) is 0.0312. The molecule has 2 N–H and O–H groups in total. The second kappa shape index (κ2) is 8.82. The molecule has 0 atom stereocenters. The first-order valence-electron chi connectivity index (χ1n) is 7.06. The number of rotatable bonds is 8. The summed E-state index contributed by atoms with van der Waals surface area (Å²) in [5.41, 5.74) is 2.02. The molecule has 20 heavy (non-hydrogen) atoms. The van der Waals surface area contributed by atoms with Gasteiger partial charge in [-0.1, -0.05) is 31.5 Å². The van der Waals surface area contributed by atoms with Gasteiger partial charge in [0.15, 0.2) is 0 Å². The first-order valence-corrected chi connectivity index (χ1v) is 7.43. The summed E-state index contributed by atoms with van der Waals surface area (Å²) in [5, 5.41) is 6.88. The van der Waals surface area contributed by atoms with Crippen LogP contribution in [0.2, 0.25) is 5.02 Å². The number of benzene rings is 1. The van der Waals surface area contributed by atoms with Crippen molar-refractivity contribution in [1.82, 2.24) is 10.6 Å². The molecule has 1 rings (SSSR count). The molecule has 1 aromatic rings. The first kappa shape index (κ1) is 16.8. The third kappa shape index (κ3) is 5.02. The molecule has 0 saturated carbocycles. The van der Waals surface area contributed by atoms with Crippen LogP contribution in [-0.2, 0) is 11.3 Å². The monoisotopic (exact) mass is 297 g/mol. The number of nitrogens with one attached hydrogen (secondary N) is 2. The van der Waals surface area contributed by atoms with Crippen LogP contribution in [0.25, 0.3) is 0 Å². The van der Waals surface area contributed by atoms with Gasteiger partial charge in [-0.25, -0.2) is 0 Å². The van der Waals surface area contributed by atoms with Crippen LogP contribution in [0.1, 0.15) is 25.8 Å². The number of halogens is 1. The molecule has 4 nitrogen and oxygen atoms in total. The SMILES string of the molecule is CCCNC(=O)CN(C)c1cccc(Cl)c1CNCC. The van der Waals surface area contributed by atoms with Gasteiger partial charge in [0.2, 0.25) is 5.91 Å². The van der Waals surface area contributed by atoms with E-state index in [1.54, 1.807) is 0 Å². The Morgan fingerprint density at radius 2 is 2.10 bits per heavy atom. The summed E-state index contributed by atoms with van der Waals surface area (Å²) in [7, 11) is 1.91. The third-order valence-corrected chi connectivity index (χ3v) is 3.36. The Morgan fingerprint density at radius 3 is 2.75 bits per heavy atom. The molecule has 0 heterocycles. The number of anilines is 1. The summed E-state index contributed by atoms with van der Waals surface area (Å²) in [4.78, 5) is 13.7. The van der Waals surface area contributed by atoms with Crippen LogP contribution in [0.5, 0.6) is 0 Å². The van der Waals surface area contributed by atoms with Crippen molar-refractivity contribution in [1.29, 1.82) is 0 Å². The molecule has 0 unspecified atom stereocenters. The lowest BCUT2D eigenvalue weighted by Gasteiger charge is -2.23. The quantitative estimate of drug-likeness (QED) is 0.774. The van der Waals surface area contributed by atoms with E-state index in [1.807, 2.05) is 37.1 Å². The molecule has 0 radical (unpaired) electrons. The van der Waals surface area contributed by atoms with Gasteiger partial charge in [-0.3, -0.25) is 4.79 Å². The smallest absolute Gasteiger partial charge is 0.239 e. The maximum absolute atomic E-state index is 11.8. The van der Waals surface area contributed by atoms with Crippen molar-refractivity contribution in [2.24, 2.45) is 0 Å². The van der Waals surface area contributed by atoms with Gasteiger partial charge < -0.3 is 15.5 Å². The van der Waals surface area contributed by atoms with Crippen LogP contribution >= 0.6 is 11.6 Å². The van der Waals surface area contributed by atoms with Crippen LogP contribution in [0.4, 0.5) is 5.69 Å². The summed E-state index contributed by atoms with van der Waals surface area (Å²) in [6, 6.07) is 5.78. The topological polar surface area (TPSA) is 44.4 Å². The highest BCUT2D eigenvalue weighted by Crippen LogP contribution is 2.26. The zero-order valence-corrected chi connectivity index (χ0v) is 13.3. The number of hydrogen-bond acceptors (Lipinski definition) is 3. The highest BCUT2D eigenvalue weighted by molar-refractivity contribution is 6.31. The fourth-order valence-electron chi connectivity index (χ4n) is 1.95. The number of nitrogens with zero attached hydrogens (tertiary/aromatic N) is 1. The Morgan fingerprint density at radius 1 is 1.35 bits per heavy atom. The molecular weight excluding hydrogens is 274 g/mol. The minimum absolute atomic E-state index is 0.0312. The molecule has 0 aromatic heterocycles.